The first-order valence-electron chi connectivity index (χ1n) is 5.02. The predicted octanol–water partition coefficient (Wildman–Crippen LogP) is -0.756. The molecule has 0 radical (unpaired) electrons. The molecule has 12 heteroatoms. The van der Waals surface area contributed by atoms with Gasteiger partial charge in [0.2, 0.25) is 0 Å². The molecule has 0 atom stereocenters. The van der Waals surface area contributed by atoms with Crippen LogP contribution in [-0.4, -0.2) is 51.7 Å². The molecular formula is C10H8O11Ti. The van der Waals surface area contributed by atoms with Crippen LogP contribution in [-0.2, 0) is 21.9 Å². The van der Waals surface area contributed by atoms with Crippen molar-refractivity contribution in [3.8, 4) is 0 Å². The Bertz CT molecular complexity index is 561. The topological polar surface area (TPSA) is 207 Å². The van der Waals surface area contributed by atoms with Gasteiger partial charge in [-0.05, 0) is 12.1 Å². The van der Waals surface area contributed by atoms with Crippen LogP contribution in [0.25, 0.3) is 0 Å². The van der Waals surface area contributed by atoms with Crippen LogP contribution in [0.2, 0.25) is 0 Å². The molecule has 0 aliphatic carbocycles. The summed E-state index contributed by atoms with van der Waals surface area (Å²) in [6.45, 7) is 0. The van der Waals surface area contributed by atoms with Gasteiger partial charge in [0.25, 0.3) is 0 Å². The average molecular weight is 352 g/mol. The first-order chi connectivity index (χ1) is 9.98. The van der Waals surface area contributed by atoms with E-state index in [4.69, 9.17) is 31.1 Å². The molecule has 6 N–H and O–H groups in total. The molecule has 0 aliphatic rings. The number of hydrogen-bond donors (Lipinski definition) is 6. The molecule has 118 valence electrons. The van der Waals surface area contributed by atoms with Crippen molar-refractivity contribution in [2.24, 2.45) is 0 Å². The summed E-state index contributed by atoms with van der Waals surface area (Å²) in [4.78, 5) is 43.1. The van der Waals surface area contributed by atoms with Gasteiger partial charge in [-0.15, -0.1) is 0 Å². The maximum absolute atomic E-state index is 10.8. The Morgan fingerprint density at radius 2 is 0.773 bits per heavy atom. The van der Waals surface area contributed by atoms with E-state index in [1.54, 1.807) is 0 Å². The second kappa shape index (κ2) is 8.09. The van der Waals surface area contributed by atoms with E-state index in [-0.39, 0.29) is 0 Å². The Labute approximate surface area is 127 Å². The zero-order chi connectivity index (χ0) is 17.6. The Hall–Kier alpha value is -2.47. The van der Waals surface area contributed by atoms with Crippen LogP contribution in [0, 0.1) is 0 Å². The van der Waals surface area contributed by atoms with Gasteiger partial charge in [-0.25, -0.2) is 19.2 Å². The molecule has 22 heavy (non-hydrogen) atoms. The zero-order valence-corrected chi connectivity index (χ0v) is 11.9. The van der Waals surface area contributed by atoms with Crippen molar-refractivity contribution in [1.82, 2.24) is 0 Å². The van der Waals surface area contributed by atoms with Gasteiger partial charge in [-0.3, -0.25) is 0 Å². The van der Waals surface area contributed by atoms with Crippen LogP contribution >= 0.6 is 0 Å². The van der Waals surface area contributed by atoms with E-state index in [1.807, 2.05) is 0 Å². The molecule has 0 fully saturated rings. The first-order valence-corrected chi connectivity index (χ1v) is 7.05. The van der Waals surface area contributed by atoms with Gasteiger partial charge in [0.05, 0.1) is 22.3 Å². The quantitative estimate of drug-likeness (QED) is 0.371. The molecule has 0 aliphatic heterocycles. The molecule has 1 rings (SSSR count). The van der Waals surface area contributed by atoms with Gasteiger partial charge < -0.3 is 20.4 Å². The number of rotatable bonds is 4. The third kappa shape index (κ3) is 5.50. The number of carbonyl (C=O) groups is 4. The Morgan fingerprint density at radius 3 is 0.864 bits per heavy atom. The van der Waals surface area contributed by atoms with Crippen LogP contribution in [0.3, 0.4) is 0 Å². The van der Waals surface area contributed by atoms with E-state index in [9.17, 15) is 19.2 Å². The molecule has 0 aromatic heterocycles. The summed E-state index contributed by atoms with van der Waals surface area (Å²) in [6, 6.07) is 1.02. The molecule has 0 saturated heterocycles. The van der Waals surface area contributed by atoms with Crippen LogP contribution in [0.5, 0.6) is 0 Å². The Kier molecular flexibility index (Phi) is 7.19. The van der Waals surface area contributed by atoms with E-state index in [2.05, 4.69) is 0 Å². The van der Waals surface area contributed by atoms with Crippen LogP contribution in [0.15, 0.2) is 12.1 Å². The summed E-state index contributed by atoms with van der Waals surface area (Å²) in [6.07, 6.45) is 0. The molecular weight excluding hydrogens is 344 g/mol. The van der Waals surface area contributed by atoms with Crippen molar-refractivity contribution >= 4 is 23.9 Å². The number of hydrogen-bond acceptors (Lipinski definition) is 5. The summed E-state index contributed by atoms with van der Waals surface area (Å²) in [5.74, 6) is -6.64. The number of carboxylic acids is 4. The molecule has 0 spiro atoms. The van der Waals surface area contributed by atoms with Gasteiger partial charge in [0.1, 0.15) is 0 Å². The number of carboxylic acid groups (broad SMARTS) is 4. The van der Waals surface area contributed by atoms with Gasteiger partial charge in [0.15, 0.2) is 0 Å². The summed E-state index contributed by atoms with van der Waals surface area (Å²) < 4.78 is 23.2. The van der Waals surface area contributed by atoms with Crippen molar-refractivity contribution in [3.05, 3.63) is 34.4 Å². The first kappa shape index (κ1) is 19.5. The summed E-state index contributed by atoms with van der Waals surface area (Å²) in [5, 5.41) is 35.0. The van der Waals surface area contributed by atoms with E-state index in [0.717, 1.165) is 0 Å². The van der Waals surface area contributed by atoms with Crippen LogP contribution in [0.4, 0.5) is 0 Å². The van der Waals surface area contributed by atoms with Gasteiger partial charge >= 0.3 is 53.2 Å². The van der Waals surface area contributed by atoms with E-state index in [0.29, 0.717) is 12.1 Å². The van der Waals surface area contributed by atoms with Crippen molar-refractivity contribution in [1.29, 1.82) is 0 Å². The molecule has 0 bridgehead atoms. The van der Waals surface area contributed by atoms with E-state index in [1.165, 1.54) is 0 Å². The molecule has 0 heterocycles. The normalized spacial score (nSPS) is 9.18. The molecule has 0 unspecified atom stereocenters. The minimum atomic E-state index is -3.58. The van der Waals surface area contributed by atoms with Crippen LogP contribution in [0.1, 0.15) is 41.4 Å². The molecule has 1 aromatic carbocycles. The van der Waals surface area contributed by atoms with Crippen molar-refractivity contribution < 1.29 is 68.9 Å². The molecule has 0 amide bonds. The summed E-state index contributed by atoms with van der Waals surface area (Å²) >= 11 is -3.58. The van der Waals surface area contributed by atoms with E-state index < -0.39 is 64.7 Å². The van der Waals surface area contributed by atoms with Crippen molar-refractivity contribution in [3.63, 3.8) is 0 Å². The number of aromatic carboxylic acids is 4. The Morgan fingerprint density at radius 1 is 0.636 bits per heavy atom. The summed E-state index contributed by atoms with van der Waals surface area (Å²) in [5.41, 5.74) is -3.15. The molecule has 1 aromatic rings. The second-order valence-electron chi connectivity index (χ2n) is 3.45. The summed E-state index contributed by atoms with van der Waals surface area (Å²) in [7, 11) is 0. The average Bonchev–Trinajstić information content (AvgIpc) is 2.35. The van der Waals surface area contributed by atoms with Crippen molar-refractivity contribution in [2.75, 3.05) is 0 Å². The fraction of sp³-hybridized carbons (Fsp3) is 0. The van der Waals surface area contributed by atoms with Gasteiger partial charge in [-0.2, -0.15) is 0 Å². The third-order valence-electron chi connectivity index (χ3n) is 2.08. The van der Waals surface area contributed by atoms with Gasteiger partial charge in [0, 0.05) is 0 Å². The van der Waals surface area contributed by atoms with Gasteiger partial charge in [-0.1, -0.05) is 0 Å². The van der Waals surface area contributed by atoms with Crippen LogP contribution < -0.4 is 0 Å². The SMILES string of the molecule is O=C(O)c1cc(C(=O)O)c(C(=O)O)cc1C(=O)O.[O]=[Ti]([OH])[OH]. The fourth-order valence-corrected chi connectivity index (χ4v) is 1.31. The Balaban J connectivity index is 0.000000980. The minimum absolute atomic E-state index is 0.511. The van der Waals surface area contributed by atoms with E-state index >= 15 is 0 Å². The zero-order valence-electron chi connectivity index (χ0n) is 10.4. The standard InChI is InChI=1S/C10H6O8.2H2O.O.Ti/c11-7(12)3-1-4(8(13)14)6(10(17)18)2-5(3)9(15)16;;;;/h1-2H,(H,11,12)(H,13,14)(H,15,16)(H,17,18);2*1H2;;/q;;;;+2/p-2. The monoisotopic (exact) mass is 352 g/mol. The second-order valence-corrected chi connectivity index (χ2v) is 4.33. The molecule has 0 saturated carbocycles. The fourth-order valence-electron chi connectivity index (χ4n) is 1.31. The molecule has 11 nitrogen and oxygen atoms in total. The maximum atomic E-state index is 10.8. The third-order valence-corrected chi connectivity index (χ3v) is 2.08. The number of benzene rings is 1. The van der Waals surface area contributed by atoms with Crippen molar-refractivity contribution in [2.45, 2.75) is 0 Å². The predicted molar refractivity (Wildman–Crippen MR) is 59.4 cm³/mol.